The van der Waals surface area contributed by atoms with Gasteiger partial charge < -0.3 is 62.3 Å². The van der Waals surface area contributed by atoms with Crippen molar-refractivity contribution in [2.45, 2.75) is 96.2 Å². The molecule has 0 bridgehead atoms. The Bertz CT molecular complexity index is 4900. The topological polar surface area (TPSA) is 142 Å². The molecule has 13 aromatic carbocycles. The molecule has 2 aliphatic heterocycles. The van der Waals surface area contributed by atoms with E-state index in [1.54, 1.807) is 0 Å². The van der Waals surface area contributed by atoms with Gasteiger partial charge in [-0.3, -0.25) is 0 Å². The lowest BCUT2D eigenvalue weighted by Gasteiger charge is -2.41. The number of aliphatic hydroxyl groups excluding tert-OH is 2. The highest BCUT2D eigenvalue weighted by molar-refractivity contribution is 5.67. The lowest BCUT2D eigenvalue weighted by molar-refractivity contribution is 0.000487. The lowest BCUT2D eigenvalue weighted by Crippen LogP contribution is -2.37. The van der Waals surface area contributed by atoms with Crippen LogP contribution in [0.25, 0.3) is 0 Å². The number of hydrogen-bond acceptors (Lipinski definition) is 13. The van der Waals surface area contributed by atoms with E-state index in [1.165, 1.54) is 0 Å². The highest BCUT2D eigenvalue weighted by Crippen LogP contribution is 2.59. The second kappa shape index (κ2) is 33.8. The zero-order chi connectivity index (χ0) is 71.6. The first-order valence-corrected chi connectivity index (χ1v) is 35.8. The van der Waals surface area contributed by atoms with Gasteiger partial charge in [0.25, 0.3) is 0 Å². The Morgan fingerprint density at radius 3 is 1.03 bits per heavy atom. The standard InChI is InChI=1S/C93H80O13/c94-77-53-76-79(98-57-66-32-14-3-15-33-66)54-82(101-60-69-38-20-6-21-39-69)87(92(76)106-90(77)74-49-84(102-61-70-40-22-7-23-41-70)93(104-63-72-44-26-9-27-45-72)85(50-74)103-62-71-42-24-8-25-43-71)88-86-81(100-59-68-36-18-5-19-37-68)51-75(96-55-64-28-10-1-11-29-64)52-83(86)105-91(89(88)95)73-46-47-78(97-56-65-30-12-2-13-31-65)80(48-73)99-58-67-34-16-4-17-35-67/h1-52,54,77,88-91,94-95H,53,55-63H2/t77-,88-,89-,90+,91+/m0/s1. The van der Waals surface area contributed by atoms with Gasteiger partial charge in [0, 0.05) is 46.9 Å². The van der Waals surface area contributed by atoms with Gasteiger partial charge in [0.1, 0.15) is 100 Å². The predicted octanol–water partition coefficient (Wildman–Crippen LogP) is 19.6. The molecule has 0 saturated carbocycles. The Morgan fingerprint density at radius 1 is 0.274 bits per heavy atom. The van der Waals surface area contributed by atoms with Crippen LogP contribution < -0.4 is 52.1 Å². The first-order valence-electron chi connectivity index (χ1n) is 35.8. The van der Waals surface area contributed by atoms with Crippen LogP contribution in [0.3, 0.4) is 0 Å². The number of ether oxygens (including phenoxy) is 11. The summed E-state index contributed by atoms with van der Waals surface area (Å²) in [4.78, 5) is 0. The molecule has 15 rings (SSSR count). The summed E-state index contributed by atoms with van der Waals surface area (Å²) in [5.74, 6) is 3.11. The molecule has 2 aliphatic rings. The summed E-state index contributed by atoms with van der Waals surface area (Å²) in [6.07, 6.45) is -4.96. The van der Waals surface area contributed by atoms with Gasteiger partial charge in [-0.05, 0) is 79.9 Å². The molecule has 2 heterocycles. The highest BCUT2D eigenvalue weighted by atomic mass is 16.6. The van der Waals surface area contributed by atoms with Crippen molar-refractivity contribution < 1.29 is 62.3 Å². The van der Waals surface area contributed by atoms with E-state index in [2.05, 4.69) is 0 Å². The maximum Gasteiger partial charge on any atom is 0.203 e. The van der Waals surface area contributed by atoms with Gasteiger partial charge in [0.15, 0.2) is 35.2 Å². The molecule has 0 saturated heterocycles. The van der Waals surface area contributed by atoms with Gasteiger partial charge in [-0.1, -0.05) is 279 Å². The number of rotatable bonds is 30. The monoisotopic (exact) mass is 1400 g/mol. The smallest absolute Gasteiger partial charge is 0.203 e. The Labute approximate surface area is 617 Å². The molecule has 13 heteroatoms. The molecule has 106 heavy (non-hydrogen) atoms. The number of hydrogen-bond donors (Lipinski definition) is 2. The second-order valence-electron chi connectivity index (χ2n) is 26.3. The SMILES string of the molecule is O[C@H]1[C@H](c2c(OCc3ccccc3)cc(OCc3ccccc3)c3c2O[C@H](c2cc(OCc4ccccc4)c(OCc4ccccc4)c(OCc4ccccc4)c2)[C@@H](O)C3)c2c(OCc3ccccc3)cc(OCc3ccccc3)cc2O[C@@H]1c1ccc(OCc2ccccc2)c(OCc2ccccc2)c1. The normalized spacial score (nSPS) is 15.6. The summed E-state index contributed by atoms with van der Waals surface area (Å²) in [6.45, 7) is 1.65. The predicted molar refractivity (Wildman–Crippen MR) is 407 cm³/mol. The molecule has 0 aliphatic carbocycles. The molecular weight excluding hydrogens is 1330 g/mol. The zero-order valence-electron chi connectivity index (χ0n) is 58.4. The van der Waals surface area contributed by atoms with Gasteiger partial charge in [-0.25, -0.2) is 0 Å². The molecule has 13 nitrogen and oxygen atoms in total. The zero-order valence-corrected chi connectivity index (χ0v) is 58.4. The third-order valence-electron chi connectivity index (χ3n) is 18.8. The average molecular weight is 1410 g/mol. The van der Waals surface area contributed by atoms with E-state index in [0.29, 0.717) is 91.1 Å². The van der Waals surface area contributed by atoms with E-state index in [0.717, 1.165) is 50.1 Å². The van der Waals surface area contributed by atoms with Crippen molar-refractivity contribution in [2.24, 2.45) is 0 Å². The van der Waals surface area contributed by atoms with Crippen LogP contribution in [-0.2, 0) is 65.9 Å². The minimum Gasteiger partial charge on any atom is -0.489 e. The molecule has 530 valence electrons. The van der Waals surface area contributed by atoms with Crippen molar-refractivity contribution in [2.75, 3.05) is 0 Å². The first kappa shape index (κ1) is 69.3. The van der Waals surface area contributed by atoms with Gasteiger partial charge in [0.05, 0.1) is 12.0 Å². The lowest BCUT2D eigenvalue weighted by atomic mass is 9.77. The van der Waals surface area contributed by atoms with E-state index in [9.17, 15) is 10.2 Å². The van der Waals surface area contributed by atoms with Crippen molar-refractivity contribution >= 4 is 0 Å². The quantitative estimate of drug-likeness (QED) is 0.0441. The molecular formula is C93H80O13. The van der Waals surface area contributed by atoms with Crippen LogP contribution in [0.15, 0.2) is 322 Å². The molecule has 0 spiro atoms. The van der Waals surface area contributed by atoms with Gasteiger partial charge in [-0.2, -0.15) is 0 Å². The summed E-state index contributed by atoms with van der Waals surface area (Å²) in [7, 11) is 0. The van der Waals surface area contributed by atoms with Crippen molar-refractivity contribution in [3.63, 3.8) is 0 Å². The van der Waals surface area contributed by atoms with Crippen molar-refractivity contribution in [3.8, 4) is 63.2 Å². The van der Waals surface area contributed by atoms with E-state index in [4.69, 9.17) is 52.1 Å². The highest BCUT2D eigenvalue weighted by Gasteiger charge is 2.47. The van der Waals surface area contributed by atoms with Crippen molar-refractivity contribution in [3.05, 3.63) is 399 Å². The molecule has 0 radical (unpaired) electrons. The number of fused-ring (bicyclic) bond motifs is 2. The molecule has 0 aromatic heterocycles. The average Bonchev–Trinajstić information content (AvgIpc) is 0.722. The van der Waals surface area contributed by atoms with E-state index < -0.39 is 30.3 Å². The van der Waals surface area contributed by atoms with Crippen LogP contribution >= 0.6 is 0 Å². The molecule has 5 atom stereocenters. The van der Waals surface area contributed by atoms with Crippen LogP contribution in [0.4, 0.5) is 0 Å². The molecule has 0 fully saturated rings. The summed E-state index contributed by atoms with van der Waals surface area (Å²) in [5, 5.41) is 27.5. The van der Waals surface area contributed by atoms with Gasteiger partial charge in [-0.15, -0.1) is 0 Å². The summed E-state index contributed by atoms with van der Waals surface area (Å²) in [5.41, 5.74) is 10.9. The third-order valence-corrected chi connectivity index (χ3v) is 18.8. The maximum atomic E-state index is 14.3. The van der Waals surface area contributed by atoms with Gasteiger partial charge in [0.2, 0.25) is 5.75 Å². The number of benzene rings is 13. The minimum absolute atomic E-state index is 0.00848. The van der Waals surface area contributed by atoms with E-state index >= 15 is 0 Å². The Balaban J connectivity index is 0.934. The molecule has 0 amide bonds. The fraction of sp³-hybridized carbons (Fsp3) is 0.161. The Hall–Kier alpha value is -12.4. The van der Waals surface area contributed by atoms with Gasteiger partial charge >= 0.3 is 0 Å². The largest absolute Gasteiger partial charge is 0.489 e. The van der Waals surface area contributed by atoms with E-state index in [-0.39, 0.29) is 65.9 Å². The Kier molecular flexibility index (Phi) is 22.1. The van der Waals surface area contributed by atoms with Crippen LogP contribution in [-0.4, -0.2) is 22.4 Å². The third kappa shape index (κ3) is 17.1. The summed E-state index contributed by atoms with van der Waals surface area (Å²) >= 11 is 0. The fourth-order valence-electron chi connectivity index (χ4n) is 13.3. The Morgan fingerprint density at radius 2 is 0.613 bits per heavy atom. The summed E-state index contributed by atoms with van der Waals surface area (Å²) in [6, 6.07) is 104. The maximum absolute atomic E-state index is 14.3. The van der Waals surface area contributed by atoms with Crippen LogP contribution in [0, 0.1) is 0 Å². The summed E-state index contributed by atoms with van der Waals surface area (Å²) < 4.78 is 77.3. The van der Waals surface area contributed by atoms with Crippen molar-refractivity contribution in [1.82, 2.24) is 0 Å². The van der Waals surface area contributed by atoms with E-state index in [1.807, 2.05) is 322 Å². The van der Waals surface area contributed by atoms with Crippen LogP contribution in [0.2, 0.25) is 0 Å². The van der Waals surface area contributed by atoms with Crippen LogP contribution in [0.1, 0.15) is 96.0 Å². The minimum atomic E-state index is -1.47. The fourth-order valence-corrected chi connectivity index (χ4v) is 13.3. The second-order valence-corrected chi connectivity index (χ2v) is 26.3. The van der Waals surface area contributed by atoms with Crippen LogP contribution in [0.5, 0.6) is 63.2 Å². The molecule has 2 N–H and O–H groups in total. The number of aliphatic hydroxyl groups is 2. The first-order chi connectivity index (χ1) is 52.3. The molecule has 0 unspecified atom stereocenters. The van der Waals surface area contributed by atoms with Crippen molar-refractivity contribution in [1.29, 1.82) is 0 Å². The molecule has 13 aromatic rings.